The number of unbranched alkanes of at least 4 members (excludes halogenated alkanes) is 5. The van der Waals surface area contributed by atoms with Crippen molar-refractivity contribution in [3.05, 3.63) is 54.1 Å². The molecule has 0 bridgehead atoms. The van der Waals surface area contributed by atoms with E-state index in [1.807, 2.05) is 43.3 Å². The number of nitrogens with zero attached hydrogens (tertiary/aromatic N) is 1. The van der Waals surface area contributed by atoms with Gasteiger partial charge in [0.05, 0.1) is 18.2 Å². The highest BCUT2D eigenvalue weighted by Gasteiger charge is 2.00. The first kappa shape index (κ1) is 20.0. The van der Waals surface area contributed by atoms with Gasteiger partial charge in [-0.1, -0.05) is 49.9 Å². The summed E-state index contributed by atoms with van der Waals surface area (Å²) in [5.41, 5.74) is 2.93. The van der Waals surface area contributed by atoms with Crippen molar-refractivity contribution in [2.24, 2.45) is 0 Å². The monoisotopic (exact) mass is 351 g/mol. The van der Waals surface area contributed by atoms with Gasteiger partial charge in [0.2, 0.25) is 0 Å². The lowest BCUT2D eigenvalue weighted by Crippen LogP contribution is -1.97. The average molecular weight is 351 g/mol. The largest absolute Gasteiger partial charge is 0.494 e. The highest BCUT2D eigenvalue weighted by molar-refractivity contribution is 5.64. The van der Waals surface area contributed by atoms with E-state index in [2.05, 4.69) is 18.2 Å². The molecule has 3 nitrogen and oxygen atoms in total. The maximum Gasteiger partial charge on any atom is 0.119 e. The van der Waals surface area contributed by atoms with E-state index in [-0.39, 0.29) is 0 Å². The fourth-order valence-electron chi connectivity index (χ4n) is 2.83. The molecule has 0 fully saturated rings. The zero-order chi connectivity index (χ0) is 18.5. The fraction of sp³-hybridized carbons (Fsp3) is 0.435. The molecule has 0 saturated carbocycles. The van der Waals surface area contributed by atoms with Crippen LogP contribution < -0.4 is 4.74 Å². The molecule has 0 atom stereocenters. The number of hydrogen-bond acceptors (Lipinski definition) is 3. The van der Waals surface area contributed by atoms with Gasteiger partial charge in [-0.15, -0.1) is 0 Å². The van der Waals surface area contributed by atoms with Gasteiger partial charge < -0.3 is 9.47 Å². The normalized spacial score (nSPS) is 10.5. The predicted molar refractivity (Wildman–Crippen MR) is 106 cm³/mol. The summed E-state index contributed by atoms with van der Waals surface area (Å²) in [4.78, 5) is 0. The minimum atomic E-state index is 0.683. The minimum absolute atomic E-state index is 0.683. The highest BCUT2D eigenvalue weighted by Crippen LogP contribution is 2.23. The van der Waals surface area contributed by atoms with Crippen LogP contribution in [0, 0.1) is 11.3 Å². The number of hydrogen-bond donors (Lipinski definition) is 0. The maximum absolute atomic E-state index is 8.86. The summed E-state index contributed by atoms with van der Waals surface area (Å²) in [7, 11) is 0. The molecule has 2 aromatic carbocycles. The number of benzene rings is 2. The first-order valence-corrected chi connectivity index (χ1v) is 9.64. The van der Waals surface area contributed by atoms with Gasteiger partial charge in [0, 0.05) is 13.2 Å². The topological polar surface area (TPSA) is 42.2 Å². The van der Waals surface area contributed by atoms with Gasteiger partial charge in [0.1, 0.15) is 5.75 Å². The lowest BCUT2D eigenvalue weighted by atomic mass is 10.0. The lowest BCUT2D eigenvalue weighted by molar-refractivity contribution is 0.143. The summed E-state index contributed by atoms with van der Waals surface area (Å²) in [5.74, 6) is 0.916. The van der Waals surface area contributed by atoms with E-state index in [0.29, 0.717) is 5.56 Å². The second-order valence-corrected chi connectivity index (χ2v) is 6.38. The molecule has 2 rings (SSSR count). The molecular weight excluding hydrogens is 322 g/mol. The Morgan fingerprint density at radius 1 is 0.731 bits per heavy atom. The van der Waals surface area contributed by atoms with Crippen LogP contribution in [0.25, 0.3) is 11.1 Å². The summed E-state index contributed by atoms with van der Waals surface area (Å²) in [6.45, 7) is 4.54. The molecule has 0 amide bonds. The summed E-state index contributed by atoms with van der Waals surface area (Å²) in [6.07, 6.45) is 7.31. The van der Waals surface area contributed by atoms with Crippen molar-refractivity contribution in [3.8, 4) is 22.9 Å². The SMILES string of the molecule is CCOCCCCCCCCOc1ccc(-c2ccc(C#N)cc2)cc1. The van der Waals surface area contributed by atoms with Crippen molar-refractivity contribution in [1.82, 2.24) is 0 Å². The van der Waals surface area contributed by atoms with E-state index in [1.165, 1.54) is 32.1 Å². The minimum Gasteiger partial charge on any atom is -0.494 e. The standard InChI is InChI=1S/C23H29NO2/c1-2-25-17-7-5-3-4-6-8-18-26-23-15-13-22(14-16-23)21-11-9-20(19-24)10-12-21/h9-16H,2-8,17-18H2,1H3. The van der Waals surface area contributed by atoms with E-state index in [0.717, 1.165) is 43.1 Å². The van der Waals surface area contributed by atoms with Crippen LogP contribution in [0.1, 0.15) is 51.0 Å². The van der Waals surface area contributed by atoms with Gasteiger partial charge in [0.25, 0.3) is 0 Å². The molecular formula is C23H29NO2. The first-order chi connectivity index (χ1) is 12.8. The van der Waals surface area contributed by atoms with Gasteiger partial charge >= 0.3 is 0 Å². The van der Waals surface area contributed by atoms with Crippen LogP contribution in [0.3, 0.4) is 0 Å². The summed E-state index contributed by atoms with van der Waals surface area (Å²) in [6, 6.07) is 17.9. The Hall–Kier alpha value is -2.31. The van der Waals surface area contributed by atoms with Crippen LogP contribution in [0.4, 0.5) is 0 Å². The zero-order valence-corrected chi connectivity index (χ0v) is 15.7. The van der Waals surface area contributed by atoms with Gasteiger partial charge in [-0.2, -0.15) is 5.26 Å². The Bertz CT molecular complexity index is 656. The van der Waals surface area contributed by atoms with Crippen LogP contribution in [0.15, 0.2) is 48.5 Å². The lowest BCUT2D eigenvalue weighted by Gasteiger charge is -2.08. The fourth-order valence-corrected chi connectivity index (χ4v) is 2.83. The Kier molecular flexibility index (Phi) is 9.32. The van der Waals surface area contributed by atoms with Crippen molar-refractivity contribution in [2.75, 3.05) is 19.8 Å². The van der Waals surface area contributed by atoms with Crippen LogP contribution in [-0.4, -0.2) is 19.8 Å². The van der Waals surface area contributed by atoms with E-state index < -0.39 is 0 Å². The Balaban J connectivity index is 1.61. The maximum atomic E-state index is 8.86. The Morgan fingerprint density at radius 2 is 1.27 bits per heavy atom. The molecule has 0 saturated heterocycles. The third kappa shape index (κ3) is 7.29. The third-order valence-electron chi connectivity index (χ3n) is 4.36. The zero-order valence-electron chi connectivity index (χ0n) is 15.7. The smallest absolute Gasteiger partial charge is 0.119 e. The molecule has 0 aliphatic rings. The average Bonchev–Trinajstić information content (AvgIpc) is 2.70. The van der Waals surface area contributed by atoms with Crippen molar-refractivity contribution in [2.45, 2.75) is 45.4 Å². The molecule has 0 heterocycles. The van der Waals surface area contributed by atoms with Gasteiger partial charge in [-0.05, 0) is 55.2 Å². The quantitative estimate of drug-likeness (QED) is 0.442. The summed E-state index contributed by atoms with van der Waals surface area (Å²) in [5, 5.41) is 8.86. The molecule has 0 N–H and O–H groups in total. The Labute approximate surface area is 157 Å². The van der Waals surface area contributed by atoms with Crippen molar-refractivity contribution in [1.29, 1.82) is 5.26 Å². The molecule has 0 radical (unpaired) electrons. The highest BCUT2D eigenvalue weighted by atomic mass is 16.5. The van der Waals surface area contributed by atoms with Crippen LogP contribution >= 0.6 is 0 Å². The van der Waals surface area contributed by atoms with E-state index in [9.17, 15) is 0 Å². The molecule has 0 unspecified atom stereocenters. The summed E-state index contributed by atoms with van der Waals surface area (Å²) >= 11 is 0. The van der Waals surface area contributed by atoms with Crippen molar-refractivity contribution in [3.63, 3.8) is 0 Å². The third-order valence-corrected chi connectivity index (χ3v) is 4.36. The number of nitriles is 1. The molecule has 2 aromatic rings. The number of rotatable bonds is 12. The van der Waals surface area contributed by atoms with Crippen LogP contribution in [0.2, 0.25) is 0 Å². The van der Waals surface area contributed by atoms with Crippen molar-refractivity contribution < 1.29 is 9.47 Å². The number of ether oxygens (including phenoxy) is 2. The molecule has 0 spiro atoms. The summed E-state index contributed by atoms with van der Waals surface area (Å²) < 4.78 is 11.2. The Morgan fingerprint density at radius 3 is 1.85 bits per heavy atom. The molecule has 0 aliphatic heterocycles. The first-order valence-electron chi connectivity index (χ1n) is 9.64. The van der Waals surface area contributed by atoms with E-state index in [1.54, 1.807) is 0 Å². The van der Waals surface area contributed by atoms with Gasteiger partial charge in [0.15, 0.2) is 0 Å². The molecule has 138 valence electrons. The molecule has 0 aromatic heterocycles. The van der Waals surface area contributed by atoms with E-state index >= 15 is 0 Å². The van der Waals surface area contributed by atoms with Crippen molar-refractivity contribution >= 4 is 0 Å². The predicted octanol–water partition coefficient (Wildman–Crippen LogP) is 5.98. The molecule has 0 aliphatic carbocycles. The van der Waals surface area contributed by atoms with Gasteiger partial charge in [-0.25, -0.2) is 0 Å². The second-order valence-electron chi connectivity index (χ2n) is 6.38. The van der Waals surface area contributed by atoms with E-state index in [4.69, 9.17) is 14.7 Å². The molecule has 3 heteroatoms. The second kappa shape index (κ2) is 12.1. The van der Waals surface area contributed by atoms with Crippen LogP contribution in [-0.2, 0) is 4.74 Å². The van der Waals surface area contributed by atoms with Crippen LogP contribution in [0.5, 0.6) is 5.75 Å². The molecule has 26 heavy (non-hydrogen) atoms. The van der Waals surface area contributed by atoms with Gasteiger partial charge in [-0.3, -0.25) is 0 Å².